The van der Waals surface area contributed by atoms with E-state index in [1.54, 1.807) is 23.1 Å². The summed E-state index contributed by atoms with van der Waals surface area (Å²) in [5.74, 6) is -0.774. The van der Waals surface area contributed by atoms with E-state index in [1.807, 2.05) is 19.9 Å². The topological polar surface area (TPSA) is 49.4 Å². The number of benzene rings is 1. The number of likely N-dealkylation sites (N-methyl/N-ethyl adjacent to an activating group) is 1. The number of halogens is 1. The Bertz CT molecular complexity index is 699. The molecule has 0 radical (unpaired) electrons. The Morgan fingerprint density at radius 3 is 2.65 bits per heavy atom. The van der Waals surface area contributed by atoms with Gasteiger partial charge >= 0.3 is 0 Å². The molecule has 1 aromatic heterocycles. The smallest absolute Gasteiger partial charge is 0.261 e. The van der Waals surface area contributed by atoms with E-state index in [-0.39, 0.29) is 24.2 Å². The lowest BCUT2D eigenvalue weighted by Crippen LogP contribution is -2.39. The molecule has 0 saturated carbocycles. The first kappa shape index (κ1) is 17.1. The highest BCUT2D eigenvalue weighted by Gasteiger charge is 2.15. The second-order valence-corrected chi connectivity index (χ2v) is 6.42. The van der Waals surface area contributed by atoms with Gasteiger partial charge in [-0.25, -0.2) is 4.39 Å². The zero-order chi connectivity index (χ0) is 16.8. The van der Waals surface area contributed by atoms with Gasteiger partial charge in [-0.15, -0.1) is 11.3 Å². The third-order valence-corrected chi connectivity index (χ3v) is 4.36. The molecule has 0 unspecified atom stereocenters. The maximum absolute atomic E-state index is 13.2. The van der Waals surface area contributed by atoms with Gasteiger partial charge in [-0.05, 0) is 43.7 Å². The lowest BCUT2D eigenvalue weighted by atomic mass is 10.2. The van der Waals surface area contributed by atoms with Crippen molar-refractivity contribution in [3.63, 3.8) is 0 Å². The van der Waals surface area contributed by atoms with Crippen molar-refractivity contribution in [3.05, 3.63) is 57.5 Å². The SMILES string of the molecule is CCN(Cc1cccc(F)c1)C(=O)CNC(=O)c1ccc(C)s1. The van der Waals surface area contributed by atoms with E-state index in [9.17, 15) is 14.0 Å². The van der Waals surface area contributed by atoms with Crippen molar-refractivity contribution in [2.24, 2.45) is 0 Å². The molecule has 2 rings (SSSR count). The fraction of sp³-hybridized carbons (Fsp3) is 0.294. The molecule has 0 saturated heterocycles. The van der Waals surface area contributed by atoms with Crippen LogP contribution in [0.1, 0.15) is 27.0 Å². The van der Waals surface area contributed by atoms with Crippen LogP contribution in [0.3, 0.4) is 0 Å². The van der Waals surface area contributed by atoms with E-state index >= 15 is 0 Å². The third kappa shape index (κ3) is 4.89. The fourth-order valence-electron chi connectivity index (χ4n) is 2.14. The first-order chi connectivity index (χ1) is 11.0. The molecule has 4 nitrogen and oxygen atoms in total. The monoisotopic (exact) mass is 334 g/mol. The minimum absolute atomic E-state index is 0.0705. The second kappa shape index (κ2) is 7.87. The van der Waals surface area contributed by atoms with E-state index < -0.39 is 0 Å². The Morgan fingerprint density at radius 2 is 2.04 bits per heavy atom. The van der Waals surface area contributed by atoms with Crippen molar-refractivity contribution >= 4 is 23.2 Å². The number of nitrogens with one attached hydrogen (secondary N) is 1. The summed E-state index contributed by atoms with van der Waals surface area (Å²) in [4.78, 5) is 27.4. The molecule has 2 amide bonds. The van der Waals surface area contributed by atoms with Gasteiger partial charge in [-0.1, -0.05) is 12.1 Å². The quantitative estimate of drug-likeness (QED) is 0.883. The summed E-state index contributed by atoms with van der Waals surface area (Å²) in [5, 5.41) is 2.63. The zero-order valence-electron chi connectivity index (χ0n) is 13.1. The Hall–Kier alpha value is -2.21. The predicted molar refractivity (Wildman–Crippen MR) is 88.9 cm³/mol. The zero-order valence-corrected chi connectivity index (χ0v) is 14.0. The normalized spacial score (nSPS) is 10.4. The van der Waals surface area contributed by atoms with E-state index in [2.05, 4.69) is 5.32 Å². The van der Waals surface area contributed by atoms with Crippen molar-refractivity contribution in [1.29, 1.82) is 0 Å². The lowest BCUT2D eigenvalue weighted by Gasteiger charge is -2.21. The largest absolute Gasteiger partial charge is 0.342 e. The Morgan fingerprint density at radius 1 is 1.26 bits per heavy atom. The highest BCUT2D eigenvalue weighted by atomic mass is 32.1. The highest BCUT2D eigenvalue weighted by molar-refractivity contribution is 7.13. The second-order valence-electron chi connectivity index (χ2n) is 5.13. The molecule has 6 heteroatoms. The van der Waals surface area contributed by atoms with Crippen LogP contribution >= 0.6 is 11.3 Å². The lowest BCUT2D eigenvalue weighted by molar-refractivity contribution is -0.130. The molecule has 0 aliphatic heterocycles. The number of thiophene rings is 1. The molecule has 0 aliphatic rings. The van der Waals surface area contributed by atoms with E-state index in [4.69, 9.17) is 0 Å². The number of amides is 2. The van der Waals surface area contributed by atoms with Crippen LogP contribution in [-0.2, 0) is 11.3 Å². The van der Waals surface area contributed by atoms with Crippen molar-refractivity contribution < 1.29 is 14.0 Å². The molecule has 0 spiro atoms. The van der Waals surface area contributed by atoms with E-state index in [0.717, 1.165) is 10.4 Å². The molecule has 1 N–H and O–H groups in total. The van der Waals surface area contributed by atoms with Crippen molar-refractivity contribution in [1.82, 2.24) is 10.2 Å². The number of rotatable bonds is 6. The summed E-state index contributed by atoms with van der Waals surface area (Å²) in [6.07, 6.45) is 0. The standard InChI is InChI=1S/C17H19FN2O2S/c1-3-20(11-13-5-4-6-14(18)9-13)16(21)10-19-17(22)15-8-7-12(2)23-15/h4-9H,3,10-11H2,1-2H3,(H,19,22). The van der Waals surface area contributed by atoms with Crippen molar-refractivity contribution in [2.45, 2.75) is 20.4 Å². The number of hydrogen-bond acceptors (Lipinski definition) is 3. The number of carbonyl (C=O) groups excluding carboxylic acids is 2. The van der Waals surface area contributed by atoms with E-state index in [1.165, 1.54) is 23.5 Å². The molecular weight excluding hydrogens is 315 g/mol. The van der Waals surface area contributed by atoms with Crippen molar-refractivity contribution in [2.75, 3.05) is 13.1 Å². The summed E-state index contributed by atoms with van der Waals surface area (Å²) in [5.41, 5.74) is 0.723. The van der Waals surface area contributed by atoms with Gasteiger partial charge < -0.3 is 10.2 Å². The Labute approximate surface area is 138 Å². The molecule has 0 atom stereocenters. The van der Waals surface area contributed by atoms with Gasteiger partial charge in [0.2, 0.25) is 5.91 Å². The van der Waals surface area contributed by atoms with E-state index in [0.29, 0.717) is 18.0 Å². The predicted octanol–water partition coefficient (Wildman–Crippen LogP) is 2.97. The van der Waals surface area contributed by atoms with Crippen molar-refractivity contribution in [3.8, 4) is 0 Å². The van der Waals surface area contributed by atoms with Crippen LogP contribution in [0.5, 0.6) is 0 Å². The maximum Gasteiger partial charge on any atom is 0.261 e. The fourth-order valence-corrected chi connectivity index (χ4v) is 2.93. The van der Waals surface area contributed by atoms with Crippen LogP contribution in [0.25, 0.3) is 0 Å². The Balaban J connectivity index is 1.91. The van der Waals surface area contributed by atoms with Gasteiger partial charge in [-0.2, -0.15) is 0 Å². The van der Waals surface area contributed by atoms with Gasteiger partial charge in [0.1, 0.15) is 5.82 Å². The number of carbonyl (C=O) groups is 2. The maximum atomic E-state index is 13.2. The van der Waals surface area contributed by atoms with Gasteiger partial charge in [0.05, 0.1) is 11.4 Å². The molecule has 1 aromatic carbocycles. The van der Waals surface area contributed by atoms with Gasteiger partial charge in [-0.3, -0.25) is 9.59 Å². The molecule has 122 valence electrons. The van der Waals surface area contributed by atoms with Crippen LogP contribution in [-0.4, -0.2) is 29.8 Å². The molecule has 1 heterocycles. The van der Waals surface area contributed by atoms with Gasteiger partial charge in [0.15, 0.2) is 0 Å². The molecule has 23 heavy (non-hydrogen) atoms. The molecule has 0 aliphatic carbocycles. The van der Waals surface area contributed by atoms with Crippen LogP contribution in [0, 0.1) is 12.7 Å². The molecule has 2 aromatic rings. The van der Waals surface area contributed by atoms with Crippen LogP contribution < -0.4 is 5.32 Å². The van der Waals surface area contributed by atoms with Crippen LogP contribution in [0.15, 0.2) is 36.4 Å². The molecular formula is C17H19FN2O2S. The first-order valence-electron chi connectivity index (χ1n) is 7.36. The highest BCUT2D eigenvalue weighted by Crippen LogP contribution is 2.14. The molecule has 0 bridgehead atoms. The van der Waals surface area contributed by atoms with Crippen LogP contribution in [0.4, 0.5) is 4.39 Å². The number of hydrogen-bond donors (Lipinski definition) is 1. The summed E-state index contributed by atoms with van der Waals surface area (Å²) in [6, 6.07) is 9.76. The minimum Gasteiger partial charge on any atom is -0.342 e. The minimum atomic E-state index is -0.327. The average molecular weight is 334 g/mol. The van der Waals surface area contributed by atoms with Gasteiger partial charge in [0, 0.05) is 18.0 Å². The first-order valence-corrected chi connectivity index (χ1v) is 8.18. The summed E-state index contributed by atoms with van der Waals surface area (Å²) >= 11 is 1.39. The number of nitrogens with zero attached hydrogens (tertiary/aromatic N) is 1. The Kier molecular flexibility index (Phi) is 5.87. The summed E-state index contributed by atoms with van der Waals surface area (Å²) < 4.78 is 13.2. The average Bonchev–Trinajstić information content (AvgIpc) is 2.96. The number of aryl methyl sites for hydroxylation is 1. The van der Waals surface area contributed by atoms with Gasteiger partial charge in [0.25, 0.3) is 5.91 Å². The summed E-state index contributed by atoms with van der Waals surface area (Å²) in [7, 11) is 0. The van der Waals surface area contributed by atoms with Crippen LogP contribution in [0.2, 0.25) is 0 Å². The molecule has 0 fully saturated rings. The summed E-state index contributed by atoms with van der Waals surface area (Å²) in [6.45, 7) is 4.51. The third-order valence-electron chi connectivity index (χ3n) is 3.36.